The summed E-state index contributed by atoms with van der Waals surface area (Å²) < 4.78 is 19.4. The molecule has 1 amide bonds. The third-order valence-corrected chi connectivity index (χ3v) is 7.15. The van der Waals surface area contributed by atoms with Crippen molar-refractivity contribution in [3.63, 3.8) is 0 Å². The Kier molecular flexibility index (Phi) is 6.48. The van der Waals surface area contributed by atoms with Crippen LogP contribution in [0.4, 0.5) is 10.5 Å². The van der Waals surface area contributed by atoms with E-state index in [2.05, 4.69) is 22.0 Å². The van der Waals surface area contributed by atoms with E-state index in [0.29, 0.717) is 23.9 Å². The number of carbonyl (C=O) groups is 1. The topological polar surface area (TPSA) is 85.5 Å². The van der Waals surface area contributed by atoms with Crippen molar-refractivity contribution in [1.29, 1.82) is 5.26 Å². The second kappa shape index (κ2) is 10.2. The first-order valence-electron chi connectivity index (χ1n) is 13.1. The van der Waals surface area contributed by atoms with Crippen LogP contribution in [0.5, 0.6) is 5.75 Å². The molecule has 0 spiro atoms. The van der Waals surface area contributed by atoms with E-state index in [-0.39, 0.29) is 12.2 Å². The van der Waals surface area contributed by atoms with E-state index in [1.165, 1.54) is 0 Å². The molecule has 0 unspecified atom stereocenters. The molecule has 1 N–H and O–H groups in total. The first-order valence-corrected chi connectivity index (χ1v) is 13.1. The Morgan fingerprint density at radius 1 is 1.08 bits per heavy atom. The van der Waals surface area contributed by atoms with Crippen LogP contribution in [0.25, 0.3) is 22.2 Å². The molecule has 1 aliphatic heterocycles. The van der Waals surface area contributed by atoms with Gasteiger partial charge in [0.25, 0.3) is 0 Å². The predicted molar refractivity (Wildman–Crippen MR) is 145 cm³/mol. The van der Waals surface area contributed by atoms with Crippen molar-refractivity contribution < 1.29 is 19.0 Å². The molecule has 2 atom stereocenters. The number of fused-ring (bicyclic) bond motifs is 1. The average Bonchev–Trinajstić information content (AvgIpc) is 3.54. The molecule has 0 radical (unpaired) electrons. The van der Waals surface area contributed by atoms with Crippen LogP contribution in [-0.4, -0.2) is 30.0 Å². The van der Waals surface area contributed by atoms with Crippen LogP contribution >= 0.6 is 0 Å². The standard InChI is InChI=1S/C31H29N3O4/c1-20(21-5-3-2-4-6-21)37-31(35)33-23-9-7-22(8-10-23)30-28(18-32)27-14-13-25(38-26-15-16-36-19-26)17-29(27)34(30)24-11-12-24/h2-10,13-14,17,20,24,26H,11-12,15-16,19H2,1H3,(H,33,35)/t20-,26-/m1/s1. The first-order chi connectivity index (χ1) is 18.6. The molecule has 7 heteroatoms. The van der Waals surface area contributed by atoms with Gasteiger partial charge in [0.15, 0.2) is 0 Å². The van der Waals surface area contributed by atoms with Crippen molar-refractivity contribution in [1.82, 2.24) is 4.57 Å². The van der Waals surface area contributed by atoms with Gasteiger partial charge in [0, 0.05) is 29.6 Å². The molecule has 7 nitrogen and oxygen atoms in total. The maximum Gasteiger partial charge on any atom is 0.412 e. The van der Waals surface area contributed by atoms with Gasteiger partial charge in [0.05, 0.1) is 30.0 Å². The van der Waals surface area contributed by atoms with Gasteiger partial charge in [-0.3, -0.25) is 5.32 Å². The normalized spacial score (nSPS) is 17.6. The second-order valence-corrected chi connectivity index (χ2v) is 9.88. The lowest BCUT2D eigenvalue weighted by molar-refractivity contribution is 0.121. The Balaban J connectivity index is 1.26. The van der Waals surface area contributed by atoms with Crippen LogP contribution in [0.15, 0.2) is 72.8 Å². The van der Waals surface area contributed by atoms with Crippen molar-refractivity contribution in [2.75, 3.05) is 18.5 Å². The minimum absolute atomic E-state index is 0.0640. The molecule has 4 aromatic rings. The molecule has 3 aromatic carbocycles. The third kappa shape index (κ3) is 4.83. The zero-order valence-corrected chi connectivity index (χ0v) is 21.2. The first kappa shape index (κ1) is 24.1. The van der Waals surface area contributed by atoms with Gasteiger partial charge in [-0.05, 0) is 55.2 Å². The quantitative estimate of drug-likeness (QED) is 0.291. The molecule has 38 heavy (non-hydrogen) atoms. The Morgan fingerprint density at radius 2 is 1.87 bits per heavy atom. The van der Waals surface area contributed by atoms with E-state index in [4.69, 9.17) is 14.2 Å². The SMILES string of the molecule is C[C@@H](OC(=O)Nc1ccc(-c2c(C#N)c3ccc(O[C@@H]4CCOC4)cc3n2C2CC2)cc1)c1ccccc1. The fraction of sp³-hybridized carbons (Fsp3) is 0.290. The average molecular weight is 508 g/mol. The molecule has 0 bridgehead atoms. The summed E-state index contributed by atoms with van der Waals surface area (Å²) >= 11 is 0. The second-order valence-electron chi connectivity index (χ2n) is 9.88. The van der Waals surface area contributed by atoms with E-state index < -0.39 is 6.09 Å². The lowest BCUT2D eigenvalue weighted by Gasteiger charge is -2.15. The van der Waals surface area contributed by atoms with E-state index >= 15 is 0 Å². The zero-order valence-electron chi connectivity index (χ0n) is 21.2. The highest BCUT2D eigenvalue weighted by molar-refractivity contribution is 5.96. The Morgan fingerprint density at radius 3 is 2.55 bits per heavy atom. The van der Waals surface area contributed by atoms with Crippen molar-refractivity contribution >= 4 is 22.7 Å². The summed E-state index contributed by atoms with van der Waals surface area (Å²) in [6, 6.07) is 26.0. The minimum atomic E-state index is -0.515. The van der Waals surface area contributed by atoms with Crippen LogP contribution in [0.2, 0.25) is 0 Å². The van der Waals surface area contributed by atoms with E-state index in [0.717, 1.165) is 59.3 Å². The molecule has 192 valence electrons. The lowest BCUT2D eigenvalue weighted by Crippen LogP contribution is -2.16. The number of nitrogens with one attached hydrogen (secondary N) is 1. The van der Waals surface area contributed by atoms with Crippen LogP contribution in [-0.2, 0) is 9.47 Å². The van der Waals surface area contributed by atoms with Crippen LogP contribution in [0.1, 0.15) is 49.5 Å². The number of ether oxygens (including phenoxy) is 3. The summed E-state index contributed by atoms with van der Waals surface area (Å²) in [7, 11) is 0. The number of aromatic nitrogens is 1. The highest BCUT2D eigenvalue weighted by Crippen LogP contribution is 2.45. The number of nitrogens with zero attached hydrogens (tertiary/aromatic N) is 2. The van der Waals surface area contributed by atoms with Gasteiger partial charge in [0.1, 0.15) is 24.0 Å². The van der Waals surface area contributed by atoms with Crippen LogP contribution < -0.4 is 10.1 Å². The number of anilines is 1. The molecular formula is C31H29N3O4. The number of rotatable bonds is 7. The van der Waals surface area contributed by atoms with Crippen LogP contribution in [0, 0.1) is 11.3 Å². The Hall–Kier alpha value is -4.28. The Labute approximate surface area is 221 Å². The molecule has 2 fully saturated rings. The summed E-state index contributed by atoms with van der Waals surface area (Å²) in [6.45, 7) is 3.17. The van der Waals surface area contributed by atoms with Gasteiger partial charge in [-0.1, -0.05) is 42.5 Å². The molecule has 1 aliphatic carbocycles. The summed E-state index contributed by atoms with van der Waals surface area (Å²) in [5.74, 6) is 0.797. The Bertz CT molecular complexity index is 1490. The van der Waals surface area contributed by atoms with Gasteiger partial charge in [-0.2, -0.15) is 5.26 Å². The van der Waals surface area contributed by atoms with Gasteiger partial charge >= 0.3 is 6.09 Å². The predicted octanol–water partition coefficient (Wildman–Crippen LogP) is 6.99. The van der Waals surface area contributed by atoms with Gasteiger partial charge in [-0.25, -0.2) is 4.79 Å². The van der Waals surface area contributed by atoms with E-state index in [1.54, 1.807) is 0 Å². The maximum atomic E-state index is 12.5. The molecule has 1 saturated carbocycles. The molecule has 1 aromatic heterocycles. The highest BCUT2D eigenvalue weighted by Gasteiger charge is 2.31. The number of carbonyl (C=O) groups excluding carboxylic acids is 1. The summed E-state index contributed by atoms with van der Waals surface area (Å²) in [4.78, 5) is 12.5. The zero-order chi connectivity index (χ0) is 26.1. The molecule has 1 saturated heterocycles. The van der Waals surface area contributed by atoms with Crippen molar-refractivity contribution in [3.8, 4) is 23.1 Å². The number of nitriles is 1. The van der Waals surface area contributed by atoms with E-state index in [9.17, 15) is 10.1 Å². The summed E-state index contributed by atoms with van der Waals surface area (Å²) in [5.41, 5.74) is 5.04. The number of amides is 1. The van der Waals surface area contributed by atoms with Gasteiger partial charge in [0.2, 0.25) is 0 Å². The molecule has 2 heterocycles. The minimum Gasteiger partial charge on any atom is -0.488 e. The molecule has 6 rings (SSSR count). The van der Waals surface area contributed by atoms with Crippen molar-refractivity contribution in [2.45, 2.75) is 44.4 Å². The van der Waals surface area contributed by atoms with Crippen molar-refractivity contribution in [3.05, 3.63) is 83.9 Å². The fourth-order valence-corrected chi connectivity index (χ4v) is 5.08. The number of hydrogen-bond donors (Lipinski definition) is 1. The smallest absolute Gasteiger partial charge is 0.412 e. The fourth-order valence-electron chi connectivity index (χ4n) is 5.08. The van der Waals surface area contributed by atoms with Gasteiger partial charge in [-0.15, -0.1) is 0 Å². The largest absolute Gasteiger partial charge is 0.488 e. The lowest BCUT2D eigenvalue weighted by atomic mass is 10.1. The molecule has 2 aliphatic rings. The number of benzene rings is 3. The summed E-state index contributed by atoms with van der Waals surface area (Å²) in [5, 5.41) is 13.9. The monoisotopic (exact) mass is 507 g/mol. The summed E-state index contributed by atoms with van der Waals surface area (Å²) in [6.07, 6.45) is 2.23. The number of hydrogen-bond acceptors (Lipinski definition) is 5. The maximum absolute atomic E-state index is 12.5. The third-order valence-electron chi connectivity index (χ3n) is 7.15. The molecular weight excluding hydrogens is 478 g/mol. The highest BCUT2D eigenvalue weighted by atomic mass is 16.6. The van der Waals surface area contributed by atoms with Gasteiger partial charge < -0.3 is 18.8 Å². The van der Waals surface area contributed by atoms with E-state index in [1.807, 2.05) is 73.7 Å². The van der Waals surface area contributed by atoms with Crippen molar-refractivity contribution in [2.24, 2.45) is 0 Å². The van der Waals surface area contributed by atoms with Crippen LogP contribution in [0.3, 0.4) is 0 Å².